The van der Waals surface area contributed by atoms with Gasteiger partial charge in [0.15, 0.2) is 0 Å². The van der Waals surface area contributed by atoms with E-state index in [1.54, 1.807) is 18.2 Å². The third-order valence-corrected chi connectivity index (χ3v) is 4.37. The lowest BCUT2D eigenvalue weighted by molar-refractivity contribution is -0.116. The van der Waals surface area contributed by atoms with Crippen molar-refractivity contribution in [2.24, 2.45) is 16.1 Å². The van der Waals surface area contributed by atoms with Crippen molar-refractivity contribution in [1.82, 2.24) is 10.2 Å². The van der Waals surface area contributed by atoms with Gasteiger partial charge in [0.2, 0.25) is 11.0 Å². The van der Waals surface area contributed by atoms with Gasteiger partial charge in [-0.25, -0.2) is 0 Å². The van der Waals surface area contributed by atoms with Crippen LogP contribution in [0.25, 0.3) is 0 Å². The summed E-state index contributed by atoms with van der Waals surface area (Å²) in [5.74, 6) is -0.113. The van der Waals surface area contributed by atoms with E-state index in [4.69, 9.17) is 0 Å². The van der Waals surface area contributed by atoms with Crippen LogP contribution in [0.2, 0.25) is 0 Å². The number of hydrogen-bond acceptors (Lipinski definition) is 6. The van der Waals surface area contributed by atoms with E-state index in [9.17, 15) is 9.59 Å². The van der Waals surface area contributed by atoms with Gasteiger partial charge in [-0.05, 0) is 17.5 Å². The summed E-state index contributed by atoms with van der Waals surface area (Å²) in [6.45, 7) is 4.21. The number of fused-ring (bicyclic) bond motifs is 1. The highest BCUT2D eigenvalue weighted by atomic mass is 32.1. The lowest BCUT2D eigenvalue weighted by Gasteiger charge is -2.17. The number of rotatable bonds is 5. The molecule has 0 radical (unpaired) electrons. The van der Waals surface area contributed by atoms with E-state index < -0.39 is 6.04 Å². The second-order valence-corrected chi connectivity index (χ2v) is 7.04. The molecule has 0 saturated heterocycles. The molecule has 1 aromatic heterocycles. The van der Waals surface area contributed by atoms with Crippen LogP contribution in [-0.4, -0.2) is 22.0 Å². The van der Waals surface area contributed by atoms with Gasteiger partial charge in [0.05, 0.1) is 6.42 Å². The van der Waals surface area contributed by atoms with Crippen LogP contribution in [0.3, 0.4) is 0 Å². The topological polar surface area (TPSA) is 96.7 Å². The van der Waals surface area contributed by atoms with Gasteiger partial charge in [-0.2, -0.15) is 5.11 Å². The molecule has 7 nitrogen and oxygen atoms in total. The zero-order valence-corrected chi connectivity index (χ0v) is 14.2. The molecule has 0 aliphatic carbocycles. The Kier molecular flexibility index (Phi) is 4.75. The Morgan fingerprint density at radius 1 is 1.29 bits per heavy atom. The largest absolute Gasteiger partial charge is 0.300 e. The van der Waals surface area contributed by atoms with Gasteiger partial charge in [0.25, 0.3) is 5.91 Å². The third-order valence-electron chi connectivity index (χ3n) is 3.51. The van der Waals surface area contributed by atoms with Crippen LogP contribution in [0, 0.1) is 5.92 Å². The first-order chi connectivity index (χ1) is 11.5. The molecule has 1 aliphatic heterocycles. The van der Waals surface area contributed by atoms with Crippen molar-refractivity contribution >= 4 is 28.3 Å². The average molecular weight is 343 g/mol. The quantitative estimate of drug-likeness (QED) is 0.899. The monoisotopic (exact) mass is 343 g/mol. The molecule has 2 heterocycles. The van der Waals surface area contributed by atoms with Crippen LogP contribution in [0.5, 0.6) is 0 Å². The summed E-state index contributed by atoms with van der Waals surface area (Å²) in [4.78, 5) is 24.0. The van der Waals surface area contributed by atoms with Gasteiger partial charge in [0.1, 0.15) is 11.0 Å². The highest BCUT2D eigenvalue weighted by molar-refractivity contribution is 7.15. The molecule has 0 fully saturated rings. The average Bonchev–Trinajstić information content (AvgIpc) is 2.96. The van der Waals surface area contributed by atoms with Gasteiger partial charge < -0.3 is 5.32 Å². The number of nitrogens with one attached hydrogen (secondary N) is 1. The van der Waals surface area contributed by atoms with E-state index >= 15 is 0 Å². The van der Waals surface area contributed by atoms with Crippen LogP contribution in [0.4, 0.5) is 5.13 Å². The van der Waals surface area contributed by atoms with Gasteiger partial charge in [-0.1, -0.05) is 43.4 Å². The zero-order chi connectivity index (χ0) is 17.1. The van der Waals surface area contributed by atoms with Crippen molar-refractivity contribution in [2.45, 2.75) is 32.7 Å². The van der Waals surface area contributed by atoms with Gasteiger partial charge in [0, 0.05) is 12.0 Å². The van der Waals surface area contributed by atoms with Gasteiger partial charge >= 0.3 is 0 Å². The first-order valence-corrected chi connectivity index (χ1v) is 8.51. The van der Waals surface area contributed by atoms with Crippen LogP contribution in [0.15, 0.2) is 34.5 Å². The Hall–Kier alpha value is -2.48. The van der Waals surface area contributed by atoms with E-state index in [-0.39, 0.29) is 18.2 Å². The number of nitrogens with zero attached hydrogens (tertiary/aromatic N) is 4. The molecule has 1 unspecified atom stereocenters. The summed E-state index contributed by atoms with van der Waals surface area (Å²) < 4.78 is 0. The second-order valence-electron chi connectivity index (χ2n) is 5.97. The fourth-order valence-electron chi connectivity index (χ4n) is 2.45. The van der Waals surface area contributed by atoms with Crippen molar-refractivity contribution in [2.75, 3.05) is 5.32 Å². The Bertz CT molecular complexity index is 799. The first-order valence-electron chi connectivity index (χ1n) is 7.69. The Morgan fingerprint density at radius 2 is 2.08 bits per heavy atom. The van der Waals surface area contributed by atoms with E-state index in [0.717, 1.165) is 17.0 Å². The smallest absolute Gasteiger partial charge is 0.295 e. The van der Waals surface area contributed by atoms with Crippen LogP contribution in [-0.2, 0) is 11.2 Å². The van der Waals surface area contributed by atoms with Crippen LogP contribution in [0.1, 0.15) is 47.2 Å². The zero-order valence-electron chi connectivity index (χ0n) is 13.4. The fraction of sp³-hybridized carbons (Fsp3) is 0.375. The first kappa shape index (κ1) is 16.4. The minimum Gasteiger partial charge on any atom is -0.300 e. The lowest BCUT2D eigenvalue weighted by Crippen LogP contribution is -2.18. The molecule has 1 atom stereocenters. The molecule has 24 heavy (non-hydrogen) atoms. The van der Waals surface area contributed by atoms with Crippen LogP contribution >= 0.6 is 11.3 Å². The molecule has 0 saturated carbocycles. The van der Waals surface area contributed by atoms with Crippen molar-refractivity contribution in [1.29, 1.82) is 0 Å². The standard InChI is InChI=1S/C16H17N5O2S/c1-9(2)7-14-19-21-16(24-14)17-13(22)8-12-10-5-3-4-6-11(10)15(23)20-18-12/h3-6,9,12H,7-8H2,1-2H3,(H,17,21,22). The lowest BCUT2D eigenvalue weighted by atomic mass is 9.97. The molecule has 1 aromatic carbocycles. The molecule has 124 valence electrons. The number of azo groups is 1. The second kappa shape index (κ2) is 6.96. The molecule has 2 aromatic rings. The van der Waals surface area contributed by atoms with Gasteiger partial charge in [-0.3, -0.25) is 9.59 Å². The predicted octanol–water partition coefficient (Wildman–Crippen LogP) is 3.41. The van der Waals surface area contributed by atoms with E-state index in [2.05, 4.69) is 39.6 Å². The maximum absolute atomic E-state index is 12.2. The molecule has 2 amide bonds. The summed E-state index contributed by atoms with van der Waals surface area (Å²) in [7, 11) is 0. The number of hydrogen-bond donors (Lipinski definition) is 1. The molecule has 0 bridgehead atoms. The van der Waals surface area contributed by atoms with Crippen molar-refractivity contribution in [3.63, 3.8) is 0 Å². The summed E-state index contributed by atoms with van der Waals surface area (Å²) in [6, 6.07) is 6.63. The Morgan fingerprint density at radius 3 is 2.88 bits per heavy atom. The Labute approximate surface area is 143 Å². The Balaban J connectivity index is 1.66. The van der Waals surface area contributed by atoms with Crippen LogP contribution < -0.4 is 5.32 Å². The molecule has 3 rings (SSSR count). The van der Waals surface area contributed by atoms with E-state index in [1.807, 2.05) is 6.07 Å². The number of amides is 2. The molecule has 1 aliphatic rings. The highest BCUT2D eigenvalue weighted by Crippen LogP contribution is 2.30. The molecular formula is C16H17N5O2S. The normalized spacial score (nSPS) is 16.3. The summed E-state index contributed by atoms with van der Waals surface area (Å²) >= 11 is 1.38. The van der Waals surface area contributed by atoms with Crippen molar-refractivity contribution in [3.8, 4) is 0 Å². The third kappa shape index (κ3) is 3.70. The number of carbonyl (C=O) groups excluding carboxylic acids is 2. The number of carbonyl (C=O) groups is 2. The molecule has 8 heteroatoms. The van der Waals surface area contributed by atoms with E-state index in [0.29, 0.717) is 16.6 Å². The SMILES string of the molecule is CC(C)Cc1nnc(NC(=O)CC2N=NC(=O)c3ccccc32)s1. The van der Waals surface area contributed by atoms with Crippen molar-refractivity contribution < 1.29 is 9.59 Å². The number of aromatic nitrogens is 2. The number of benzene rings is 1. The summed E-state index contributed by atoms with van der Waals surface area (Å²) in [5.41, 5.74) is 1.23. The maximum Gasteiger partial charge on any atom is 0.295 e. The highest BCUT2D eigenvalue weighted by Gasteiger charge is 2.25. The fourth-order valence-corrected chi connectivity index (χ4v) is 3.42. The summed E-state index contributed by atoms with van der Waals surface area (Å²) in [5, 5.41) is 19.8. The number of anilines is 1. The van der Waals surface area contributed by atoms with E-state index in [1.165, 1.54) is 11.3 Å². The summed E-state index contributed by atoms with van der Waals surface area (Å²) in [6.07, 6.45) is 0.937. The molecule has 0 spiro atoms. The maximum atomic E-state index is 12.2. The molecular weight excluding hydrogens is 326 g/mol. The van der Waals surface area contributed by atoms with Gasteiger partial charge in [-0.15, -0.1) is 15.3 Å². The predicted molar refractivity (Wildman–Crippen MR) is 90.1 cm³/mol. The molecule has 1 N–H and O–H groups in total. The minimum atomic E-state index is -0.457. The minimum absolute atomic E-state index is 0.104. The van der Waals surface area contributed by atoms with Crippen molar-refractivity contribution in [3.05, 3.63) is 40.4 Å².